The van der Waals surface area contributed by atoms with E-state index in [4.69, 9.17) is 4.74 Å². The predicted octanol–water partition coefficient (Wildman–Crippen LogP) is 3.95. The van der Waals surface area contributed by atoms with E-state index in [9.17, 15) is 18.0 Å². The van der Waals surface area contributed by atoms with Crippen LogP contribution in [0.1, 0.15) is 39.1 Å². The highest BCUT2D eigenvalue weighted by Crippen LogP contribution is 2.33. The molecule has 0 spiro atoms. The van der Waals surface area contributed by atoms with Gasteiger partial charge < -0.3 is 10.1 Å². The molecule has 0 aliphatic carbocycles. The fourth-order valence-corrected chi connectivity index (χ4v) is 3.45. The number of rotatable bonds is 4. The van der Waals surface area contributed by atoms with E-state index in [1.165, 1.54) is 11.3 Å². The Kier molecular flexibility index (Phi) is 4.68. The summed E-state index contributed by atoms with van der Waals surface area (Å²) in [6, 6.07) is 5.01. The molecular weight excluding hydrogens is 327 g/mol. The van der Waals surface area contributed by atoms with Gasteiger partial charge in [0.25, 0.3) is 5.91 Å². The smallest absolute Gasteiger partial charge is 0.261 e. The Hall–Kier alpha value is -1.86. The maximum absolute atomic E-state index is 13.5. The molecule has 2 heterocycles. The number of ether oxygens (including phenoxy) is 1. The molecule has 3 nitrogen and oxygen atoms in total. The van der Waals surface area contributed by atoms with Crippen molar-refractivity contribution in [3.63, 3.8) is 0 Å². The van der Waals surface area contributed by atoms with E-state index < -0.39 is 35.5 Å². The van der Waals surface area contributed by atoms with Crippen molar-refractivity contribution in [1.82, 2.24) is 5.32 Å². The van der Waals surface area contributed by atoms with Gasteiger partial charge in [0.1, 0.15) is 5.82 Å². The van der Waals surface area contributed by atoms with Crippen LogP contribution in [-0.4, -0.2) is 12.5 Å². The van der Waals surface area contributed by atoms with Gasteiger partial charge >= 0.3 is 0 Å². The van der Waals surface area contributed by atoms with Crippen LogP contribution in [0.25, 0.3) is 0 Å². The second kappa shape index (κ2) is 6.72. The second-order valence-electron chi connectivity index (χ2n) is 5.21. The van der Waals surface area contributed by atoms with E-state index in [1.54, 1.807) is 6.07 Å². The minimum Gasteiger partial charge on any atom is -0.373 e. The lowest BCUT2D eigenvalue weighted by atomic mass is 10.2. The largest absolute Gasteiger partial charge is 0.373 e. The summed E-state index contributed by atoms with van der Waals surface area (Å²) in [7, 11) is 0. The molecule has 1 saturated heterocycles. The van der Waals surface area contributed by atoms with Crippen molar-refractivity contribution in [1.29, 1.82) is 0 Å². The number of hydrogen-bond acceptors (Lipinski definition) is 3. The van der Waals surface area contributed by atoms with Crippen molar-refractivity contribution >= 4 is 17.2 Å². The fraction of sp³-hybridized carbons (Fsp3) is 0.312. The van der Waals surface area contributed by atoms with Crippen molar-refractivity contribution in [2.24, 2.45) is 0 Å². The average Bonchev–Trinajstić information content (AvgIpc) is 3.21. The van der Waals surface area contributed by atoms with Gasteiger partial charge in [-0.3, -0.25) is 4.79 Å². The molecular formula is C16H14F3NO2S. The first-order valence-corrected chi connectivity index (χ1v) is 8.00. The summed E-state index contributed by atoms with van der Waals surface area (Å²) in [6.07, 6.45) is 1.92. The van der Waals surface area contributed by atoms with Crippen LogP contribution in [0, 0.1) is 17.5 Å². The summed E-state index contributed by atoms with van der Waals surface area (Å²) in [5, 5.41) is 2.41. The molecule has 1 aliphatic rings. The zero-order valence-electron chi connectivity index (χ0n) is 12.1. The molecule has 1 aliphatic heterocycles. The quantitative estimate of drug-likeness (QED) is 0.855. The fourth-order valence-electron chi connectivity index (χ4n) is 2.44. The van der Waals surface area contributed by atoms with Gasteiger partial charge in [0.15, 0.2) is 11.6 Å². The van der Waals surface area contributed by atoms with Gasteiger partial charge in [0, 0.05) is 23.6 Å². The third-order valence-electron chi connectivity index (χ3n) is 3.66. The van der Waals surface area contributed by atoms with Crippen LogP contribution in [0.5, 0.6) is 0 Å². The summed E-state index contributed by atoms with van der Waals surface area (Å²) in [6.45, 7) is 0.295. The lowest BCUT2D eigenvalue weighted by molar-refractivity contribution is 0.0954. The summed E-state index contributed by atoms with van der Waals surface area (Å²) in [4.78, 5) is 13.5. The zero-order chi connectivity index (χ0) is 16.4. The highest BCUT2D eigenvalue weighted by atomic mass is 32.1. The molecule has 0 saturated carbocycles. The molecule has 1 aromatic heterocycles. The third kappa shape index (κ3) is 3.40. The molecule has 1 atom stereocenters. The van der Waals surface area contributed by atoms with E-state index in [0.717, 1.165) is 23.8 Å². The molecule has 1 fully saturated rings. The molecule has 1 N–H and O–H groups in total. The summed E-state index contributed by atoms with van der Waals surface area (Å²) in [5.74, 6) is -3.78. The normalized spacial score (nSPS) is 17.4. The molecule has 7 heteroatoms. The predicted molar refractivity (Wildman–Crippen MR) is 79.7 cm³/mol. The molecule has 23 heavy (non-hydrogen) atoms. The number of thiophene rings is 1. The Balaban J connectivity index is 1.67. The van der Waals surface area contributed by atoms with E-state index in [0.29, 0.717) is 17.6 Å². The highest BCUT2D eigenvalue weighted by Gasteiger charge is 2.21. The van der Waals surface area contributed by atoms with Gasteiger partial charge in [-0.2, -0.15) is 0 Å². The molecule has 0 radical (unpaired) electrons. The lowest BCUT2D eigenvalue weighted by Gasteiger charge is -2.07. The van der Waals surface area contributed by atoms with Crippen LogP contribution >= 0.6 is 11.3 Å². The van der Waals surface area contributed by atoms with E-state index in [1.807, 2.05) is 6.07 Å². The van der Waals surface area contributed by atoms with Crippen LogP contribution < -0.4 is 5.32 Å². The molecule has 1 amide bonds. The summed E-state index contributed by atoms with van der Waals surface area (Å²) < 4.78 is 45.7. The molecule has 1 aromatic carbocycles. The number of carbonyl (C=O) groups is 1. The Morgan fingerprint density at radius 2 is 2.00 bits per heavy atom. The summed E-state index contributed by atoms with van der Waals surface area (Å²) in [5.41, 5.74) is -0.491. The van der Waals surface area contributed by atoms with Crippen LogP contribution in [0.4, 0.5) is 13.2 Å². The average molecular weight is 341 g/mol. The highest BCUT2D eigenvalue weighted by molar-refractivity contribution is 7.14. The van der Waals surface area contributed by atoms with Crippen molar-refractivity contribution < 1.29 is 22.7 Å². The first kappa shape index (κ1) is 16.0. The first-order valence-electron chi connectivity index (χ1n) is 7.18. The minimum atomic E-state index is -1.28. The Labute approximate surface area is 135 Å². The SMILES string of the molecule is O=C(NCc1c(F)ccc(F)c1F)c1ccc([C@H]2CCCO2)s1. The van der Waals surface area contributed by atoms with E-state index in [2.05, 4.69) is 5.32 Å². The van der Waals surface area contributed by atoms with Crippen LogP contribution in [0.15, 0.2) is 24.3 Å². The van der Waals surface area contributed by atoms with Gasteiger partial charge in [-0.05, 0) is 37.1 Å². The van der Waals surface area contributed by atoms with Crippen LogP contribution in [-0.2, 0) is 11.3 Å². The van der Waals surface area contributed by atoms with Crippen LogP contribution in [0.2, 0.25) is 0 Å². The van der Waals surface area contributed by atoms with Crippen molar-refractivity contribution in [3.8, 4) is 0 Å². The maximum atomic E-state index is 13.5. The minimum absolute atomic E-state index is 0.0136. The lowest BCUT2D eigenvalue weighted by Crippen LogP contribution is -2.23. The molecule has 0 unspecified atom stereocenters. The number of halogens is 3. The number of carbonyl (C=O) groups excluding carboxylic acids is 1. The topological polar surface area (TPSA) is 38.3 Å². The van der Waals surface area contributed by atoms with Crippen LogP contribution in [0.3, 0.4) is 0 Å². The Morgan fingerprint density at radius 1 is 1.22 bits per heavy atom. The number of nitrogens with one attached hydrogen (secondary N) is 1. The standard InChI is InChI=1S/C16H14F3NO2S/c17-10-3-4-11(18)15(19)9(10)8-20-16(21)14-6-5-13(23-14)12-2-1-7-22-12/h3-6,12H,1-2,7-8H2,(H,20,21)/t12-/m1/s1. The maximum Gasteiger partial charge on any atom is 0.261 e. The van der Waals surface area contributed by atoms with Gasteiger partial charge in [-0.15, -0.1) is 11.3 Å². The summed E-state index contributed by atoms with van der Waals surface area (Å²) >= 11 is 1.29. The van der Waals surface area contributed by atoms with Crippen molar-refractivity contribution in [2.45, 2.75) is 25.5 Å². The Bertz CT molecular complexity index is 726. The second-order valence-corrected chi connectivity index (χ2v) is 6.32. The van der Waals surface area contributed by atoms with Gasteiger partial charge in [0.05, 0.1) is 11.0 Å². The van der Waals surface area contributed by atoms with Gasteiger partial charge in [-0.1, -0.05) is 0 Å². The van der Waals surface area contributed by atoms with Gasteiger partial charge in [0.2, 0.25) is 0 Å². The Morgan fingerprint density at radius 3 is 2.74 bits per heavy atom. The monoisotopic (exact) mass is 341 g/mol. The third-order valence-corrected chi connectivity index (χ3v) is 4.84. The van der Waals surface area contributed by atoms with E-state index >= 15 is 0 Å². The number of amides is 1. The number of hydrogen-bond donors (Lipinski definition) is 1. The zero-order valence-corrected chi connectivity index (χ0v) is 12.9. The van der Waals surface area contributed by atoms with E-state index in [-0.39, 0.29) is 6.10 Å². The van der Waals surface area contributed by atoms with Gasteiger partial charge in [-0.25, -0.2) is 13.2 Å². The first-order chi connectivity index (χ1) is 11.1. The van der Waals surface area contributed by atoms with Crippen molar-refractivity contribution in [3.05, 3.63) is 57.0 Å². The number of benzene rings is 1. The molecule has 2 aromatic rings. The van der Waals surface area contributed by atoms with Crippen molar-refractivity contribution in [2.75, 3.05) is 6.61 Å². The molecule has 3 rings (SSSR count). The molecule has 0 bridgehead atoms. The molecule has 122 valence electrons.